The van der Waals surface area contributed by atoms with Gasteiger partial charge in [-0.15, -0.1) is 0 Å². The van der Waals surface area contributed by atoms with E-state index in [0.29, 0.717) is 22.8 Å². The molecule has 24 heavy (non-hydrogen) atoms. The number of hydrogen-bond donors (Lipinski definition) is 3. The molecule has 0 unspecified atom stereocenters. The van der Waals surface area contributed by atoms with Gasteiger partial charge in [0.15, 0.2) is 0 Å². The number of rotatable bonds is 6. The van der Waals surface area contributed by atoms with E-state index in [1.807, 2.05) is 54.6 Å². The highest BCUT2D eigenvalue weighted by Crippen LogP contribution is 2.21. The van der Waals surface area contributed by atoms with Gasteiger partial charge in [0.1, 0.15) is 12.4 Å². The second kappa shape index (κ2) is 7.14. The topological polar surface area (TPSA) is 86.2 Å². The van der Waals surface area contributed by atoms with E-state index in [1.165, 1.54) is 0 Å². The molecule has 3 rings (SSSR count). The molecule has 3 aromatic rings. The summed E-state index contributed by atoms with van der Waals surface area (Å²) < 4.78 is 5.63. The molecule has 5 nitrogen and oxygen atoms in total. The molecule has 122 valence electrons. The predicted octanol–water partition coefficient (Wildman–Crippen LogP) is 3.18. The zero-order chi connectivity index (χ0) is 16.9. The van der Waals surface area contributed by atoms with Gasteiger partial charge >= 0.3 is 4.87 Å². The predicted molar refractivity (Wildman–Crippen MR) is 94.6 cm³/mol. The Hall–Kier alpha value is -2.86. The Morgan fingerprint density at radius 3 is 2.46 bits per heavy atom. The number of aromatic nitrogens is 1. The first-order valence-electron chi connectivity index (χ1n) is 7.37. The highest BCUT2D eigenvalue weighted by Gasteiger charge is 2.08. The minimum atomic E-state index is -0.262. The maximum absolute atomic E-state index is 11.2. The molecule has 1 aromatic heterocycles. The zero-order valence-corrected chi connectivity index (χ0v) is 13.6. The van der Waals surface area contributed by atoms with E-state index in [9.17, 15) is 9.90 Å². The van der Waals surface area contributed by atoms with Crippen molar-refractivity contribution in [2.24, 2.45) is 0 Å². The summed E-state index contributed by atoms with van der Waals surface area (Å²) >= 11 is 1.00. The van der Waals surface area contributed by atoms with Gasteiger partial charge in [0.2, 0.25) is 5.88 Å². The van der Waals surface area contributed by atoms with Gasteiger partial charge in [-0.1, -0.05) is 53.8 Å². The molecule has 2 aromatic carbocycles. The standard InChI is InChI=1S/C18H16N2O3S/c19-15(13-4-2-1-3-5-13)11-23-14-8-6-12(7-9-14)10-16-17(21)20-18(22)24-16/h1-9,19,21H,10-11H2,(H,20,22). The van der Waals surface area contributed by atoms with Crippen LogP contribution in [0.4, 0.5) is 0 Å². The molecule has 0 bridgehead atoms. The normalized spacial score (nSPS) is 10.5. The van der Waals surface area contributed by atoms with E-state index in [2.05, 4.69) is 4.98 Å². The maximum atomic E-state index is 11.2. The average Bonchev–Trinajstić information content (AvgIpc) is 2.92. The monoisotopic (exact) mass is 340 g/mol. The van der Waals surface area contributed by atoms with Crippen LogP contribution in [-0.2, 0) is 6.42 Å². The van der Waals surface area contributed by atoms with E-state index in [4.69, 9.17) is 10.1 Å². The fourth-order valence-corrected chi connectivity index (χ4v) is 3.00. The molecule has 6 heteroatoms. The molecule has 1 heterocycles. The van der Waals surface area contributed by atoms with Gasteiger partial charge in [-0.3, -0.25) is 9.78 Å². The van der Waals surface area contributed by atoms with Crippen LogP contribution >= 0.6 is 11.3 Å². The van der Waals surface area contributed by atoms with E-state index in [1.54, 1.807) is 0 Å². The van der Waals surface area contributed by atoms with Crippen molar-refractivity contribution in [3.63, 3.8) is 0 Å². The number of H-pyrrole nitrogens is 1. The van der Waals surface area contributed by atoms with Crippen LogP contribution in [0, 0.1) is 5.41 Å². The molecule has 0 saturated carbocycles. The van der Waals surface area contributed by atoms with Gasteiger partial charge in [0.25, 0.3) is 0 Å². The van der Waals surface area contributed by atoms with E-state index < -0.39 is 0 Å². The highest BCUT2D eigenvalue weighted by atomic mass is 32.1. The van der Waals surface area contributed by atoms with Crippen LogP contribution in [0.3, 0.4) is 0 Å². The number of nitrogens with one attached hydrogen (secondary N) is 2. The van der Waals surface area contributed by atoms with Crippen molar-refractivity contribution in [3.05, 3.63) is 80.3 Å². The number of aromatic amines is 1. The summed E-state index contributed by atoms with van der Waals surface area (Å²) in [5.41, 5.74) is 2.22. The van der Waals surface area contributed by atoms with Gasteiger partial charge in [-0.25, -0.2) is 0 Å². The number of ether oxygens (including phenoxy) is 1. The second-order valence-electron chi connectivity index (χ2n) is 5.24. The number of benzene rings is 2. The van der Waals surface area contributed by atoms with Crippen molar-refractivity contribution in [2.75, 3.05) is 6.61 Å². The third-order valence-corrected chi connectivity index (χ3v) is 4.37. The fourth-order valence-electron chi connectivity index (χ4n) is 2.24. The Bertz CT molecular complexity index is 883. The van der Waals surface area contributed by atoms with Crippen LogP contribution in [0.15, 0.2) is 59.4 Å². The van der Waals surface area contributed by atoms with Crippen molar-refractivity contribution in [1.82, 2.24) is 4.98 Å². The zero-order valence-electron chi connectivity index (χ0n) is 12.8. The Morgan fingerprint density at radius 2 is 1.83 bits per heavy atom. The Labute approximate surface area is 142 Å². The fraction of sp³-hybridized carbons (Fsp3) is 0.111. The van der Waals surface area contributed by atoms with Crippen molar-refractivity contribution in [1.29, 1.82) is 5.41 Å². The third kappa shape index (κ3) is 3.91. The lowest BCUT2D eigenvalue weighted by Crippen LogP contribution is -2.11. The quantitative estimate of drug-likeness (QED) is 0.602. The number of hydrogen-bond acceptors (Lipinski definition) is 5. The van der Waals surface area contributed by atoms with E-state index >= 15 is 0 Å². The smallest absolute Gasteiger partial charge is 0.307 e. The summed E-state index contributed by atoms with van der Waals surface area (Å²) in [5.74, 6) is 0.604. The first-order valence-corrected chi connectivity index (χ1v) is 8.19. The van der Waals surface area contributed by atoms with Crippen molar-refractivity contribution < 1.29 is 9.84 Å². The van der Waals surface area contributed by atoms with Gasteiger partial charge in [0.05, 0.1) is 10.6 Å². The number of aromatic hydroxyl groups is 1. The lowest BCUT2D eigenvalue weighted by molar-refractivity contribution is 0.376. The summed E-state index contributed by atoms with van der Waals surface area (Å²) in [4.78, 5) is 13.9. The first kappa shape index (κ1) is 16.0. The van der Waals surface area contributed by atoms with Gasteiger partial charge < -0.3 is 15.3 Å². The molecule has 0 spiro atoms. The third-order valence-electron chi connectivity index (χ3n) is 3.49. The van der Waals surface area contributed by atoms with Crippen LogP contribution in [0.1, 0.15) is 16.0 Å². The Balaban J connectivity index is 1.59. The van der Waals surface area contributed by atoms with Crippen LogP contribution in [0.25, 0.3) is 0 Å². The first-order chi connectivity index (χ1) is 11.6. The molecule has 0 aliphatic carbocycles. The molecule has 0 amide bonds. The molecular formula is C18H16N2O3S. The van der Waals surface area contributed by atoms with Crippen molar-refractivity contribution >= 4 is 17.0 Å². The lowest BCUT2D eigenvalue weighted by atomic mass is 10.1. The minimum absolute atomic E-state index is 0.0679. The SMILES string of the molecule is N=C(COc1ccc(Cc2sc(=O)[nH]c2O)cc1)c1ccccc1. The second-order valence-corrected chi connectivity index (χ2v) is 6.31. The number of thiazole rings is 1. The van der Waals surface area contributed by atoms with Gasteiger partial charge in [-0.2, -0.15) is 0 Å². The van der Waals surface area contributed by atoms with Crippen molar-refractivity contribution in [3.8, 4) is 11.6 Å². The molecular weight excluding hydrogens is 324 g/mol. The summed E-state index contributed by atoms with van der Waals surface area (Å²) in [5, 5.41) is 17.6. The highest BCUT2D eigenvalue weighted by molar-refractivity contribution is 7.09. The van der Waals surface area contributed by atoms with E-state index in [-0.39, 0.29) is 17.4 Å². The molecule has 0 radical (unpaired) electrons. The molecule has 0 saturated heterocycles. The van der Waals surface area contributed by atoms with Crippen LogP contribution < -0.4 is 9.61 Å². The molecule has 0 aliphatic rings. The average molecular weight is 340 g/mol. The van der Waals surface area contributed by atoms with Gasteiger partial charge in [-0.05, 0) is 23.3 Å². The van der Waals surface area contributed by atoms with Crippen LogP contribution in [0.5, 0.6) is 11.6 Å². The molecule has 0 aliphatic heterocycles. The van der Waals surface area contributed by atoms with Gasteiger partial charge in [0, 0.05) is 6.42 Å². The summed E-state index contributed by atoms with van der Waals surface area (Å²) in [6.45, 7) is 0.198. The maximum Gasteiger partial charge on any atom is 0.307 e. The molecule has 0 fully saturated rings. The summed E-state index contributed by atoms with van der Waals surface area (Å²) in [6, 6.07) is 16.9. The summed E-state index contributed by atoms with van der Waals surface area (Å²) in [6.07, 6.45) is 0.482. The van der Waals surface area contributed by atoms with Crippen molar-refractivity contribution in [2.45, 2.75) is 6.42 Å². The molecule has 3 N–H and O–H groups in total. The lowest BCUT2D eigenvalue weighted by Gasteiger charge is -2.08. The summed E-state index contributed by atoms with van der Waals surface area (Å²) in [7, 11) is 0. The van der Waals surface area contributed by atoms with E-state index in [0.717, 1.165) is 22.5 Å². The minimum Gasteiger partial charge on any atom is -0.494 e. The largest absolute Gasteiger partial charge is 0.494 e. The van der Waals surface area contributed by atoms with Crippen LogP contribution in [0.2, 0.25) is 0 Å². The Morgan fingerprint density at radius 1 is 1.12 bits per heavy atom. The Kier molecular flexibility index (Phi) is 4.77. The molecule has 0 atom stereocenters. The van der Waals surface area contributed by atoms with Crippen LogP contribution in [-0.4, -0.2) is 22.4 Å².